The van der Waals surface area contributed by atoms with Crippen LogP contribution in [0, 0.1) is 5.82 Å². The fraction of sp³-hybridized carbons (Fsp3) is 0.421. The van der Waals surface area contributed by atoms with Crippen molar-refractivity contribution in [3.63, 3.8) is 0 Å². The number of rotatable bonds is 5. The lowest BCUT2D eigenvalue weighted by molar-refractivity contribution is 0.285. The molecule has 2 aromatic heterocycles. The number of aromatic nitrogens is 4. The summed E-state index contributed by atoms with van der Waals surface area (Å²) in [5, 5.41) is 14.9. The highest BCUT2D eigenvalue weighted by Crippen LogP contribution is 2.24. The van der Waals surface area contributed by atoms with Crippen LogP contribution < -0.4 is 4.90 Å². The van der Waals surface area contributed by atoms with Crippen LogP contribution in [0.3, 0.4) is 0 Å². The summed E-state index contributed by atoms with van der Waals surface area (Å²) < 4.78 is 14.9. The predicted molar refractivity (Wildman–Crippen MR) is 104 cm³/mol. The third kappa shape index (κ3) is 4.70. The van der Waals surface area contributed by atoms with E-state index in [-0.39, 0.29) is 5.82 Å². The van der Waals surface area contributed by atoms with Crippen molar-refractivity contribution in [1.29, 1.82) is 0 Å². The average Bonchev–Trinajstić information content (AvgIpc) is 3.21. The Labute approximate surface area is 162 Å². The number of anilines is 1. The van der Waals surface area contributed by atoms with Crippen LogP contribution in [0.2, 0.25) is 0 Å². The van der Waals surface area contributed by atoms with E-state index in [1.807, 2.05) is 17.9 Å². The fourth-order valence-corrected chi connectivity index (χ4v) is 4.28. The molecule has 1 fully saturated rings. The van der Waals surface area contributed by atoms with Crippen molar-refractivity contribution < 1.29 is 4.39 Å². The Morgan fingerprint density at radius 1 is 1.04 bits per heavy atom. The van der Waals surface area contributed by atoms with Gasteiger partial charge in [0.1, 0.15) is 10.8 Å². The molecule has 0 aliphatic carbocycles. The van der Waals surface area contributed by atoms with Crippen molar-refractivity contribution >= 4 is 16.5 Å². The molecule has 1 aliphatic rings. The van der Waals surface area contributed by atoms with Crippen molar-refractivity contribution in [2.75, 3.05) is 31.1 Å². The molecule has 1 aromatic carbocycles. The zero-order chi connectivity index (χ0) is 18.6. The highest BCUT2D eigenvalue weighted by atomic mass is 32.1. The first-order valence-corrected chi connectivity index (χ1v) is 9.99. The highest BCUT2D eigenvalue weighted by molar-refractivity contribution is 7.15. The van der Waals surface area contributed by atoms with E-state index in [4.69, 9.17) is 0 Å². The average molecular weight is 387 g/mol. The minimum absolute atomic E-state index is 0.211. The smallest absolute Gasteiger partial charge is 0.208 e. The van der Waals surface area contributed by atoms with Crippen LogP contribution in [-0.4, -0.2) is 51.1 Å². The molecule has 3 aromatic rings. The normalized spacial score (nSPS) is 15.9. The lowest BCUT2D eigenvalue weighted by Crippen LogP contribution is -2.30. The van der Waals surface area contributed by atoms with Gasteiger partial charge in [-0.2, -0.15) is 5.10 Å². The van der Waals surface area contributed by atoms with E-state index in [1.165, 1.54) is 17.7 Å². The van der Waals surface area contributed by atoms with Crippen LogP contribution in [0.5, 0.6) is 0 Å². The van der Waals surface area contributed by atoms with E-state index in [0.29, 0.717) is 6.42 Å². The summed E-state index contributed by atoms with van der Waals surface area (Å²) in [6.07, 6.45) is 5.82. The summed E-state index contributed by atoms with van der Waals surface area (Å²) in [6, 6.07) is 6.59. The molecule has 142 valence electrons. The molecule has 0 N–H and O–H groups in total. The quantitative estimate of drug-likeness (QED) is 0.675. The van der Waals surface area contributed by atoms with Crippen LogP contribution in [-0.2, 0) is 20.0 Å². The van der Waals surface area contributed by atoms with Crippen molar-refractivity contribution in [2.24, 2.45) is 7.05 Å². The Balaban J connectivity index is 1.35. The van der Waals surface area contributed by atoms with Gasteiger partial charge in [-0.1, -0.05) is 23.5 Å². The molecule has 0 saturated carbocycles. The van der Waals surface area contributed by atoms with Gasteiger partial charge in [-0.3, -0.25) is 9.58 Å². The second kappa shape index (κ2) is 8.14. The van der Waals surface area contributed by atoms with Gasteiger partial charge in [-0.05, 0) is 24.1 Å². The van der Waals surface area contributed by atoms with Gasteiger partial charge in [0.25, 0.3) is 0 Å². The summed E-state index contributed by atoms with van der Waals surface area (Å²) in [4.78, 5) is 4.80. The molecule has 0 atom stereocenters. The third-order valence-electron chi connectivity index (χ3n) is 4.75. The van der Waals surface area contributed by atoms with Gasteiger partial charge in [0.2, 0.25) is 5.13 Å². The third-order valence-corrected chi connectivity index (χ3v) is 5.73. The summed E-state index contributed by atoms with van der Waals surface area (Å²) >= 11 is 1.63. The predicted octanol–water partition coefficient (Wildman–Crippen LogP) is 2.71. The van der Waals surface area contributed by atoms with Gasteiger partial charge in [-0.25, -0.2) is 4.39 Å². The van der Waals surface area contributed by atoms with Gasteiger partial charge in [-0.15, -0.1) is 10.2 Å². The topological polar surface area (TPSA) is 50.1 Å². The molecule has 0 unspecified atom stereocenters. The Bertz CT molecular complexity index is 874. The fourth-order valence-electron chi connectivity index (χ4n) is 3.35. The molecule has 0 radical (unpaired) electrons. The number of hydrogen-bond acceptors (Lipinski definition) is 6. The van der Waals surface area contributed by atoms with Crippen molar-refractivity contribution in [3.8, 4) is 0 Å². The minimum atomic E-state index is -0.211. The van der Waals surface area contributed by atoms with Gasteiger partial charge < -0.3 is 4.90 Å². The number of nitrogens with zero attached hydrogens (tertiary/aromatic N) is 6. The Kier molecular flexibility index (Phi) is 5.45. The van der Waals surface area contributed by atoms with Gasteiger partial charge in [0.05, 0.1) is 6.20 Å². The summed E-state index contributed by atoms with van der Waals surface area (Å²) in [5.74, 6) is -0.211. The maximum atomic E-state index is 13.0. The number of benzene rings is 1. The van der Waals surface area contributed by atoms with Crippen LogP contribution in [0.4, 0.5) is 9.52 Å². The lowest BCUT2D eigenvalue weighted by atomic mass is 10.2. The molecule has 8 heteroatoms. The molecular formula is C19H23FN6S. The zero-order valence-corrected chi connectivity index (χ0v) is 16.2. The molecule has 1 aliphatic heterocycles. The van der Waals surface area contributed by atoms with Crippen LogP contribution in [0.25, 0.3) is 0 Å². The first-order valence-electron chi connectivity index (χ1n) is 9.17. The molecular weight excluding hydrogens is 363 g/mol. The molecule has 6 nitrogen and oxygen atoms in total. The zero-order valence-electron chi connectivity index (χ0n) is 15.4. The number of aryl methyl sites for hydroxylation is 1. The minimum Gasteiger partial charge on any atom is -0.345 e. The van der Waals surface area contributed by atoms with E-state index in [0.717, 1.165) is 54.8 Å². The Morgan fingerprint density at radius 3 is 2.67 bits per heavy atom. The van der Waals surface area contributed by atoms with Crippen LogP contribution in [0.1, 0.15) is 22.6 Å². The SMILES string of the molecule is Cn1cc(CN2CCCN(c3nnc(Cc4ccc(F)cc4)s3)CC2)cn1. The van der Waals surface area contributed by atoms with Crippen molar-refractivity contribution in [1.82, 2.24) is 24.9 Å². The Hall–Kier alpha value is -2.32. The van der Waals surface area contributed by atoms with E-state index >= 15 is 0 Å². The number of hydrogen-bond donors (Lipinski definition) is 0. The standard InChI is InChI=1S/C19H23FN6S/c1-24-13-16(12-21-24)14-25-7-2-8-26(10-9-25)19-23-22-18(27-19)11-15-3-5-17(20)6-4-15/h3-6,12-13H,2,7-11,14H2,1H3. The van der Waals surface area contributed by atoms with Crippen molar-refractivity contribution in [2.45, 2.75) is 19.4 Å². The molecule has 0 amide bonds. The summed E-state index contributed by atoms with van der Waals surface area (Å²) in [5.41, 5.74) is 2.31. The second-order valence-corrected chi connectivity index (χ2v) is 7.96. The molecule has 0 spiro atoms. The maximum Gasteiger partial charge on any atom is 0.208 e. The maximum absolute atomic E-state index is 13.0. The van der Waals surface area contributed by atoms with Crippen LogP contribution in [0.15, 0.2) is 36.7 Å². The van der Waals surface area contributed by atoms with Gasteiger partial charge >= 0.3 is 0 Å². The monoisotopic (exact) mass is 386 g/mol. The van der Waals surface area contributed by atoms with E-state index in [9.17, 15) is 4.39 Å². The van der Waals surface area contributed by atoms with Crippen molar-refractivity contribution in [3.05, 3.63) is 58.6 Å². The molecule has 0 bridgehead atoms. The first-order chi connectivity index (χ1) is 13.2. The van der Waals surface area contributed by atoms with Gasteiger partial charge in [0, 0.05) is 58.0 Å². The first kappa shape index (κ1) is 18.1. The lowest BCUT2D eigenvalue weighted by Gasteiger charge is -2.20. The number of halogens is 1. The molecule has 4 rings (SSSR count). The highest BCUT2D eigenvalue weighted by Gasteiger charge is 2.19. The summed E-state index contributed by atoms with van der Waals surface area (Å²) in [7, 11) is 1.95. The van der Waals surface area contributed by atoms with E-state index < -0.39 is 0 Å². The van der Waals surface area contributed by atoms with Crippen LogP contribution >= 0.6 is 11.3 Å². The largest absolute Gasteiger partial charge is 0.345 e. The van der Waals surface area contributed by atoms with E-state index in [2.05, 4.69) is 31.3 Å². The Morgan fingerprint density at radius 2 is 1.89 bits per heavy atom. The molecule has 3 heterocycles. The molecule has 27 heavy (non-hydrogen) atoms. The summed E-state index contributed by atoms with van der Waals surface area (Å²) in [6.45, 7) is 4.96. The van der Waals surface area contributed by atoms with Gasteiger partial charge in [0.15, 0.2) is 0 Å². The second-order valence-electron chi connectivity index (χ2n) is 6.92. The molecule has 1 saturated heterocycles. The van der Waals surface area contributed by atoms with E-state index in [1.54, 1.807) is 23.5 Å².